The third kappa shape index (κ3) is 12.5. The Labute approximate surface area is 238 Å². The third-order valence-corrected chi connectivity index (χ3v) is 5.92. The summed E-state index contributed by atoms with van der Waals surface area (Å²) in [4.78, 5) is 38.7. The molecule has 1 heterocycles. The van der Waals surface area contributed by atoms with Gasteiger partial charge in [0, 0.05) is 30.8 Å². The van der Waals surface area contributed by atoms with Gasteiger partial charge in [-0.05, 0) is 50.1 Å². The Morgan fingerprint density at radius 3 is 2.25 bits per heavy atom. The maximum Gasteiger partial charge on any atom is 0.292 e. The third-order valence-electron chi connectivity index (χ3n) is 4.81. The van der Waals surface area contributed by atoms with Gasteiger partial charge in [-0.3, -0.25) is 14.4 Å². The number of carbonyl (C=O) groups excluding carboxylic acids is 3. The zero-order valence-electron chi connectivity index (χ0n) is 23.4. The van der Waals surface area contributed by atoms with E-state index in [1.54, 1.807) is 32.0 Å². The maximum atomic E-state index is 12.7. The lowest BCUT2D eigenvalue weighted by Crippen LogP contribution is -2.41. The fourth-order valence-corrected chi connectivity index (χ4v) is 4.02. The lowest BCUT2D eigenvalue weighted by atomic mass is 10.1. The number of methoxy groups -OCH3 is 1. The molecule has 3 aromatic rings. The minimum absolute atomic E-state index is 0.116. The van der Waals surface area contributed by atoms with E-state index < -0.39 is 5.91 Å². The van der Waals surface area contributed by atoms with Crippen molar-refractivity contribution in [3.05, 3.63) is 64.2 Å². The first-order valence-electron chi connectivity index (χ1n) is 12.6. The molecule has 0 fully saturated rings. The monoisotopic (exact) mass is 574 g/mol. The van der Waals surface area contributed by atoms with Crippen LogP contribution < -0.4 is 16.0 Å². The Bertz CT molecular complexity index is 1210. The molecule has 1 unspecified atom stereocenters. The van der Waals surface area contributed by atoms with E-state index in [-0.39, 0.29) is 41.3 Å². The van der Waals surface area contributed by atoms with Crippen molar-refractivity contribution in [2.24, 2.45) is 0 Å². The number of hydrogen-bond donors (Lipinski definition) is 6. The number of phenols is 3. The molecular formula is C28H38N4O7S. The first-order valence-corrected chi connectivity index (χ1v) is 13.4. The van der Waals surface area contributed by atoms with Crippen molar-refractivity contribution in [3.8, 4) is 17.2 Å². The van der Waals surface area contributed by atoms with Crippen molar-refractivity contribution < 1.29 is 34.4 Å². The molecule has 0 spiro atoms. The number of rotatable bonds is 10. The van der Waals surface area contributed by atoms with E-state index in [1.165, 1.54) is 37.0 Å². The minimum Gasteiger partial charge on any atom is -0.508 e. The first-order chi connectivity index (χ1) is 19.0. The molecule has 0 radical (unpaired) electrons. The van der Waals surface area contributed by atoms with Crippen molar-refractivity contribution in [1.82, 2.24) is 15.6 Å². The summed E-state index contributed by atoms with van der Waals surface area (Å²) in [7, 11) is 1.31. The Kier molecular flexibility index (Phi) is 15.2. The first kappa shape index (κ1) is 33.7. The summed E-state index contributed by atoms with van der Waals surface area (Å²) in [5.74, 6) is -0.971. The van der Waals surface area contributed by atoms with Crippen LogP contribution in [-0.2, 0) is 16.0 Å². The van der Waals surface area contributed by atoms with Crippen LogP contribution in [-0.4, -0.2) is 64.8 Å². The van der Waals surface area contributed by atoms with E-state index in [1.807, 2.05) is 6.07 Å². The molecule has 1 atom stereocenters. The molecule has 0 bridgehead atoms. The summed E-state index contributed by atoms with van der Waals surface area (Å²) in [6.07, 6.45) is 1.95. The molecule has 2 amide bonds. The van der Waals surface area contributed by atoms with Crippen LogP contribution in [0.25, 0.3) is 0 Å². The summed E-state index contributed by atoms with van der Waals surface area (Å²) >= 11 is 1.25. The highest BCUT2D eigenvalue weighted by Gasteiger charge is 2.18. The molecular weight excluding hydrogens is 536 g/mol. The van der Waals surface area contributed by atoms with Gasteiger partial charge in [0.1, 0.15) is 22.1 Å². The second kappa shape index (κ2) is 18.1. The van der Waals surface area contributed by atoms with Gasteiger partial charge in [-0.25, -0.2) is 4.98 Å². The number of anilines is 1. The van der Waals surface area contributed by atoms with Gasteiger partial charge in [0.05, 0.1) is 12.8 Å². The molecule has 6 N–H and O–H groups in total. The van der Waals surface area contributed by atoms with Crippen LogP contribution >= 0.6 is 11.3 Å². The predicted octanol–water partition coefficient (Wildman–Crippen LogP) is 3.98. The van der Waals surface area contributed by atoms with E-state index in [2.05, 4.69) is 39.5 Å². The number of aromatic hydroxyl groups is 3. The number of benzene rings is 2. The highest BCUT2D eigenvalue weighted by atomic mass is 32.1. The molecule has 0 aliphatic carbocycles. The van der Waals surface area contributed by atoms with Crippen LogP contribution in [0.15, 0.2) is 42.5 Å². The summed E-state index contributed by atoms with van der Waals surface area (Å²) in [5.41, 5.74) is 1.71. The molecule has 0 aliphatic heterocycles. The van der Waals surface area contributed by atoms with Crippen molar-refractivity contribution in [3.63, 3.8) is 0 Å². The predicted molar refractivity (Wildman–Crippen MR) is 155 cm³/mol. The second-order valence-electron chi connectivity index (χ2n) is 8.64. The standard InChI is InChI=1S/C23H26N4O5S.C3H8.C2H4O2/c1-13(12-25-21(31)16-9-18(29)11-19(30)10-16)26-22(32)20-14(2)27-23(33-20)24-7-6-15-4-3-5-17(28)8-15;1-3-2;1-4-2-3/h3-5,8-11,13,28-30H,6-7,12H2,1-2H3,(H,24,27)(H,25,31)(H,26,32);3H2,1-2H3;2H,1H3. The second-order valence-corrected chi connectivity index (χ2v) is 9.64. The molecule has 0 aliphatic rings. The number of phenolic OH excluding ortho intramolecular Hbond substituents is 3. The lowest BCUT2D eigenvalue weighted by Gasteiger charge is -2.14. The number of hydrogen-bond acceptors (Lipinski definition) is 10. The van der Waals surface area contributed by atoms with Crippen LogP contribution in [0.4, 0.5) is 5.13 Å². The Hall–Kier alpha value is -4.32. The average molecular weight is 575 g/mol. The topological polar surface area (TPSA) is 170 Å². The molecule has 3 rings (SSSR count). The summed E-state index contributed by atoms with van der Waals surface area (Å²) in [5, 5.41) is 37.8. The molecule has 2 aromatic carbocycles. The summed E-state index contributed by atoms with van der Waals surface area (Å²) in [6, 6.07) is 10.3. The fraction of sp³-hybridized carbons (Fsp3) is 0.357. The maximum absolute atomic E-state index is 12.7. The van der Waals surface area contributed by atoms with Gasteiger partial charge in [-0.2, -0.15) is 0 Å². The normalized spacial score (nSPS) is 10.5. The van der Waals surface area contributed by atoms with E-state index in [0.29, 0.717) is 35.1 Å². The molecule has 218 valence electrons. The number of carbonyl (C=O) groups is 3. The van der Waals surface area contributed by atoms with Crippen LogP contribution in [0.5, 0.6) is 17.2 Å². The van der Waals surface area contributed by atoms with Crippen molar-refractivity contribution >= 4 is 34.8 Å². The molecule has 40 heavy (non-hydrogen) atoms. The Balaban J connectivity index is 0.00000103. The van der Waals surface area contributed by atoms with E-state index in [4.69, 9.17) is 4.79 Å². The van der Waals surface area contributed by atoms with Gasteiger partial charge in [0.2, 0.25) is 0 Å². The number of nitrogens with zero attached hydrogens (tertiary/aromatic N) is 1. The fourth-order valence-electron chi connectivity index (χ4n) is 3.12. The number of thiazole rings is 1. The summed E-state index contributed by atoms with van der Waals surface area (Å²) < 4.78 is 3.86. The Morgan fingerprint density at radius 2 is 1.68 bits per heavy atom. The highest BCUT2D eigenvalue weighted by Crippen LogP contribution is 2.23. The summed E-state index contributed by atoms with van der Waals surface area (Å²) in [6.45, 7) is 8.90. The van der Waals surface area contributed by atoms with Gasteiger partial charge >= 0.3 is 0 Å². The molecule has 0 saturated carbocycles. The van der Waals surface area contributed by atoms with Gasteiger partial charge < -0.3 is 36.0 Å². The van der Waals surface area contributed by atoms with Gasteiger partial charge in [-0.1, -0.05) is 43.7 Å². The van der Waals surface area contributed by atoms with Gasteiger partial charge in [0.25, 0.3) is 18.3 Å². The minimum atomic E-state index is -0.477. The number of amides is 2. The largest absolute Gasteiger partial charge is 0.508 e. The van der Waals surface area contributed by atoms with Crippen molar-refractivity contribution in [2.45, 2.75) is 46.6 Å². The highest BCUT2D eigenvalue weighted by molar-refractivity contribution is 7.17. The molecule has 1 aromatic heterocycles. The number of ether oxygens (including phenoxy) is 1. The Morgan fingerprint density at radius 1 is 1.05 bits per heavy atom. The number of aromatic nitrogens is 1. The zero-order chi connectivity index (χ0) is 30.1. The molecule has 11 nitrogen and oxygen atoms in total. The van der Waals surface area contributed by atoms with Crippen LogP contribution in [0.1, 0.15) is 58.5 Å². The van der Waals surface area contributed by atoms with Crippen molar-refractivity contribution in [2.75, 3.05) is 25.5 Å². The van der Waals surface area contributed by atoms with Gasteiger partial charge in [0.15, 0.2) is 5.13 Å². The zero-order valence-corrected chi connectivity index (χ0v) is 24.2. The van der Waals surface area contributed by atoms with Crippen molar-refractivity contribution in [1.29, 1.82) is 0 Å². The molecule has 12 heteroatoms. The van der Waals surface area contributed by atoms with E-state index in [9.17, 15) is 24.9 Å². The quantitative estimate of drug-likeness (QED) is 0.196. The smallest absolute Gasteiger partial charge is 0.292 e. The van der Waals surface area contributed by atoms with Crippen LogP contribution in [0, 0.1) is 6.92 Å². The SMILES string of the molecule is CCC.COC=O.Cc1nc(NCCc2cccc(O)c2)sc1C(=O)NC(C)CNC(=O)c1cc(O)cc(O)c1. The van der Waals surface area contributed by atoms with E-state index in [0.717, 1.165) is 11.6 Å². The molecule has 0 saturated heterocycles. The van der Waals surface area contributed by atoms with Crippen LogP contribution in [0.2, 0.25) is 0 Å². The van der Waals surface area contributed by atoms with Crippen LogP contribution in [0.3, 0.4) is 0 Å². The van der Waals surface area contributed by atoms with Gasteiger partial charge in [-0.15, -0.1) is 0 Å². The average Bonchev–Trinajstić information content (AvgIpc) is 3.27. The number of nitrogens with one attached hydrogen (secondary N) is 3. The lowest BCUT2D eigenvalue weighted by molar-refractivity contribution is -0.126. The number of aryl methyl sites for hydroxylation is 1. The van der Waals surface area contributed by atoms with E-state index >= 15 is 0 Å².